The third-order valence-electron chi connectivity index (χ3n) is 3.95. The highest BCUT2D eigenvalue weighted by Crippen LogP contribution is 2.36. The van der Waals surface area contributed by atoms with Gasteiger partial charge in [0, 0.05) is 13.1 Å². The van der Waals surface area contributed by atoms with Crippen molar-refractivity contribution in [2.45, 2.75) is 25.3 Å². The lowest BCUT2D eigenvalue weighted by molar-refractivity contribution is -0.386. The number of halogens is 1. The summed E-state index contributed by atoms with van der Waals surface area (Å²) < 4.78 is 13.6. The topological polar surface area (TPSA) is 72.4 Å². The van der Waals surface area contributed by atoms with E-state index in [1.165, 1.54) is 6.07 Å². The zero-order valence-electron chi connectivity index (χ0n) is 10.9. The highest BCUT2D eigenvalue weighted by atomic mass is 19.1. The molecule has 2 unspecified atom stereocenters. The normalized spacial score (nSPS) is 22.5. The van der Waals surface area contributed by atoms with E-state index in [2.05, 4.69) is 0 Å². The molecular weight excluding hydrogens is 249 g/mol. The number of hydrogen-bond acceptors (Lipinski definition) is 4. The Kier molecular flexibility index (Phi) is 3.99. The van der Waals surface area contributed by atoms with Crippen molar-refractivity contribution < 1.29 is 9.31 Å². The average Bonchev–Trinajstić information content (AvgIpc) is 2.85. The molecule has 0 heterocycles. The molecule has 6 heteroatoms. The maximum atomic E-state index is 13.6. The van der Waals surface area contributed by atoms with Crippen LogP contribution in [0.1, 0.15) is 19.3 Å². The fourth-order valence-corrected chi connectivity index (χ4v) is 2.95. The van der Waals surface area contributed by atoms with Gasteiger partial charge in [-0.15, -0.1) is 0 Å². The minimum Gasteiger partial charge on any atom is -0.366 e. The fraction of sp³-hybridized carbons (Fsp3) is 0.538. The first kappa shape index (κ1) is 13.7. The Hall–Kier alpha value is -1.69. The largest absolute Gasteiger partial charge is 0.366 e. The van der Waals surface area contributed by atoms with E-state index < -0.39 is 16.4 Å². The summed E-state index contributed by atoms with van der Waals surface area (Å²) in [4.78, 5) is 12.2. The number of benzene rings is 1. The van der Waals surface area contributed by atoms with Crippen molar-refractivity contribution in [1.29, 1.82) is 0 Å². The quantitative estimate of drug-likeness (QED) is 0.671. The second-order valence-electron chi connectivity index (χ2n) is 4.97. The summed E-state index contributed by atoms with van der Waals surface area (Å²) in [5.74, 6) is -0.482. The van der Waals surface area contributed by atoms with E-state index in [1.807, 2.05) is 4.90 Å². The summed E-state index contributed by atoms with van der Waals surface area (Å²) in [7, 11) is 1.78. The number of anilines is 1. The first-order valence-corrected chi connectivity index (χ1v) is 6.42. The monoisotopic (exact) mass is 267 g/mol. The molecule has 1 aromatic rings. The molecule has 1 fully saturated rings. The van der Waals surface area contributed by atoms with E-state index in [4.69, 9.17) is 5.73 Å². The van der Waals surface area contributed by atoms with Gasteiger partial charge in [0.25, 0.3) is 0 Å². The van der Waals surface area contributed by atoms with Crippen LogP contribution in [-0.4, -0.2) is 24.6 Å². The van der Waals surface area contributed by atoms with Crippen molar-refractivity contribution in [3.8, 4) is 0 Å². The molecule has 0 amide bonds. The molecule has 1 saturated carbocycles. The van der Waals surface area contributed by atoms with E-state index in [0.717, 1.165) is 25.3 Å². The van der Waals surface area contributed by atoms with Crippen molar-refractivity contribution in [1.82, 2.24) is 0 Å². The second-order valence-corrected chi connectivity index (χ2v) is 4.97. The van der Waals surface area contributed by atoms with Gasteiger partial charge in [-0.2, -0.15) is 4.39 Å². The number of para-hydroxylation sites is 1. The Morgan fingerprint density at radius 3 is 2.89 bits per heavy atom. The van der Waals surface area contributed by atoms with Crippen molar-refractivity contribution in [2.24, 2.45) is 11.7 Å². The van der Waals surface area contributed by atoms with Crippen LogP contribution in [0.2, 0.25) is 0 Å². The lowest BCUT2D eigenvalue weighted by Crippen LogP contribution is -2.38. The Balaban J connectivity index is 2.36. The van der Waals surface area contributed by atoms with Gasteiger partial charge in [-0.05, 0) is 37.4 Å². The molecule has 1 aromatic carbocycles. The number of nitrogens with zero attached hydrogens (tertiary/aromatic N) is 2. The number of hydrogen-bond donors (Lipinski definition) is 1. The molecule has 0 radical (unpaired) electrons. The molecular formula is C13H18FN3O2. The molecule has 1 aliphatic rings. The molecule has 2 atom stereocenters. The highest BCUT2D eigenvalue weighted by Gasteiger charge is 2.33. The molecule has 0 spiro atoms. The maximum absolute atomic E-state index is 13.6. The van der Waals surface area contributed by atoms with Crippen molar-refractivity contribution in [2.75, 3.05) is 18.5 Å². The van der Waals surface area contributed by atoms with Gasteiger partial charge in [-0.1, -0.05) is 12.5 Å². The molecule has 0 bridgehead atoms. The fourth-order valence-electron chi connectivity index (χ4n) is 2.95. The van der Waals surface area contributed by atoms with Crippen LogP contribution in [-0.2, 0) is 0 Å². The minimum absolute atomic E-state index is 0.144. The van der Waals surface area contributed by atoms with Crippen LogP contribution in [0.4, 0.5) is 15.8 Å². The third-order valence-corrected chi connectivity index (χ3v) is 3.95. The van der Waals surface area contributed by atoms with Crippen molar-refractivity contribution >= 4 is 11.4 Å². The van der Waals surface area contributed by atoms with Crippen molar-refractivity contribution in [3.05, 3.63) is 34.1 Å². The Labute approximate surface area is 111 Å². The standard InChI is InChI=1S/C13H18FN3O2/c1-16(11-6-2-4-9(11)8-15)12-7-3-5-10(14)13(12)17(18)19/h3,5,7,9,11H,2,4,6,8,15H2,1H3. The SMILES string of the molecule is CN(c1cccc(F)c1[N+](=O)[O-])C1CCCC1CN. The summed E-state index contributed by atoms with van der Waals surface area (Å²) in [6.07, 6.45) is 3.01. The average molecular weight is 267 g/mol. The summed E-state index contributed by atoms with van der Waals surface area (Å²) in [6.45, 7) is 0.554. The molecule has 0 saturated heterocycles. The van der Waals surface area contributed by atoms with Gasteiger partial charge in [0.15, 0.2) is 0 Å². The van der Waals surface area contributed by atoms with Crippen molar-refractivity contribution in [3.63, 3.8) is 0 Å². The number of nitro groups is 1. The van der Waals surface area contributed by atoms with Crippen LogP contribution in [0.15, 0.2) is 18.2 Å². The third kappa shape index (κ3) is 2.53. The number of nitrogens with two attached hydrogens (primary N) is 1. The minimum atomic E-state index is -0.795. The lowest BCUT2D eigenvalue weighted by Gasteiger charge is -2.30. The van der Waals surface area contributed by atoms with Gasteiger partial charge in [0.1, 0.15) is 5.69 Å². The van der Waals surface area contributed by atoms with Gasteiger partial charge >= 0.3 is 5.69 Å². The first-order chi connectivity index (χ1) is 9.06. The molecule has 1 aliphatic carbocycles. The predicted octanol–water partition coefficient (Wildman–Crippen LogP) is 2.30. The number of nitro benzene ring substituents is 1. The second kappa shape index (κ2) is 5.52. The molecule has 2 N–H and O–H groups in total. The predicted molar refractivity (Wildman–Crippen MR) is 71.6 cm³/mol. The highest BCUT2D eigenvalue weighted by molar-refractivity contribution is 5.64. The van der Waals surface area contributed by atoms with E-state index in [9.17, 15) is 14.5 Å². The Morgan fingerprint density at radius 1 is 1.53 bits per heavy atom. The van der Waals surface area contributed by atoms with Crippen LogP contribution >= 0.6 is 0 Å². The molecule has 5 nitrogen and oxygen atoms in total. The summed E-state index contributed by atoms with van der Waals surface area (Å²) >= 11 is 0. The summed E-state index contributed by atoms with van der Waals surface area (Å²) in [5.41, 5.74) is 5.61. The Morgan fingerprint density at radius 2 is 2.26 bits per heavy atom. The lowest BCUT2D eigenvalue weighted by atomic mass is 10.0. The zero-order valence-corrected chi connectivity index (χ0v) is 10.9. The van der Waals surface area contributed by atoms with Crippen LogP contribution in [0.5, 0.6) is 0 Å². The molecule has 104 valence electrons. The van der Waals surface area contributed by atoms with Gasteiger partial charge in [-0.25, -0.2) is 0 Å². The summed E-state index contributed by atoms with van der Waals surface area (Å²) in [6, 6.07) is 4.35. The smallest absolute Gasteiger partial charge is 0.327 e. The van der Waals surface area contributed by atoms with Crippen LogP contribution < -0.4 is 10.6 Å². The first-order valence-electron chi connectivity index (χ1n) is 6.42. The van der Waals surface area contributed by atoms with Crippen LogP contribution in [0, 0.1) is 21.8 Å². The zero-order chi connectivity index (χ0) is 14.0. The van der Waals surface area contributed by atoms with Crippen LogP contribution in [0.3, 0.4) is 0 Å². The molecule has 2 rings (SSSR count). The van der Waals surface area contributed by atoms with E-state index >= 15 is 0 Å². The van der Waals surface area contributed by atoms with Gasteiger partial charge < -0.3 is 10.6 Å². The summed E-state index contributed by atoms with van der Waals surface area (Å²) in [5, 5.41) is 11.0. The maximum Gasteiger partial charge on any atom is 0.327 e. The van der Waals surface area contributed by atoms with Gasteiger partial charge in [0.2, 0.25) is 5.82 Å². The molecule has 19 heavy (non-hydrogen) atoms. The Bertz CT molecular complexity index is 481. The number of rotatable bonds is 4. The van der Waals surface area contributed by atoms with Crippen LogP contribution in [0.25, 0.3) is 0 Å². The molecule has 0 aromatic heterocycles. The van der Waals surface area contributed by atoms with Gasteiger partial charge in [0.05, 0.1) is 4.92 Å². The van der Waals surface area contributed by atoms with Gasteiger partial charge in [-0.3, -0.25) is 10.1 Å². The molecule has 0 aliphatic heterocycles. The van der Waals surface area contributed by atoms with E-state index in [1.54, 1.807) is 13.1 Å². The van der Waals surface area contributed by atoms with E-state index in [0.29, 0.717) is 18.2 Å². The van der Waals surface area contributed by atoms with E-state index in [-0.39, 0.29) is 6.04 Å².